The van der Waals surface area contributed by atoms with Gasteiger partial charge in [0.2, 0.25) is 11.7 Å². The molecule has 1 aliphatic rings. The molecule has 2 atom stereocenters. The molecule has 0 aromatic rings. The summed E-state index contributed by atoms with van der Waals surface area (Å²) in [4.78, 5) is 22.3. The molecule has 0 aliphatic carbocycles. The molecule has 2 unspecified atom stereocenters. The normalized spacial score (nSPS) is 19.0. The molecular formula is C17H27NO4. The van der Waals surface area contributed by atoms with E-state index in [2.05, 4.69) is 18.8 Å². The summed E-state index contributed by atoms with van der Waals surface area (Å²) in [6, 6.07) is 0. The van der Waals surface area contributed by atoms with Gasteiger partial charge in [-0.05, 0) is 38.0 Å². The van der Waals surface area contributed by atoms with Crippen LogP contribution in [0, 0.1) is 11.8 Å². The predicted molar refractivity (Wildman–Crippen MR) is 83.8 cm³/mol. The molecule has 0 aromatic heterocycles. The molecule has 1 amide bonds. The number of carbonyl (C=O) groups excluding carboxylic acids is 2. The zero-order chi connectivity index (χ0) is 16.2. The number of ether oxygens (including phenoxy) is 2. The maximum atomic E-state index is 11.6. The van der Waals surface area contributed by atoms with E-state index in [-0.39, 0.29) is 31.0 Å². The largest absolute Gasteiger partial charge is 0.370 e. The molecule has 0 spiro atoms. The first-order chi connectivity index (χ1) is 10.6. The van der Waals surface area contributed by atoms with Crippen molar-refractivity contribution in [1.82, 2.24) is 0 Å². The Bertz CT molecular complexity index is 405. The van der Waals surface area contributed by atoms with E-state index >= 15 is 0 Å². The summed E-state index contributed by atoms with van der Waals surface area (Å²) in [7, 11) is 0. The van der Waals surface area contributed by atoms with Crippen molar-refractivity contribution in [1.29, 1.82) is 0 Å². The van der Waals surface area contributed by atoms with Gasteiger partial charge in [-0.15, -0.1) is 0 Å². The first-order valence-electron chi connectivity index (χ1n) is 8.21. The second kappa shape index (κ2) is 11.2. The molecule has 0 radical (unpaired) electrons. The quantitative estimate of drug-likeness (QED) is 0.403. The van der Waals surface area contributed by atoms with Crippen molar-refractivity contribution >= 4 is 11.7 Å². The van der Waals surface area contributed by atoms with E-state index in [0.29, 0.717) is 0 Å². The van der Waals surface area contributed by atoms with Gasteiger partial charge in [0.1, 0.15) is 6.10 Å². The fraction of sp³-hybridized carbons (Fsp3) is 0.765. The van der Waals surface area contributed by atoms with Crippen LogP contribution in [-0.4, -0.2) is 30.7 Å². The molecule has 0 bridgehead atoms. The van der Waals surface area contributed by atoms with E-state index in [1.165, 1.54) is 0 Å². The third kappa shape index (κ3) is 8.81. The highest BCUT2D eigenvalue weighted by Gasteiger charge is 2.18. The van der Waals surface area contributed by atoms with E-state index in [0.717, 1.165) is 51.6 Å². The molecule has 5 heteroatoms. The summed E-state index contributed by atoms with van der Waals surface area (Å²) in [5.41, 5.74) is 5.02. The molecule has 1 aliphatic heterocycles. The van der Waals surface area contributed by atoms with Gasteiger partial charge in [-0.3, -0.25) is 9.59 Å². The number of amides is 1. The van der Waals surface area contributed by atoms with Crippen LogP contribution >= 0.6 is 0 Å². The highest BCUT2D eigenvalue weighted by atomic mass is 16.7. The standard InChI is InChI=1S/C17H27NO4/c1-2-3-4-7-15(22-17-8-5-6-13-21-17)11-9-14(19)10-12-16(18)20/h15,17H,2-8,10,12-13H2,1H3,(H2,18,20). The van der Waals surface area contributed by atoms with Crippen molar-refractivity contribution in [3.05, 3.63) is 0 Å². The van der Waals surface area contributed by atoms with E-state index in [1.54, 1.807) is 0 Å². The molecule has 1 heterocycles. The first kappa shape index (κ1) is 18.7. The number of nitrogens with two attached hydrogens (primary N) is 1. The zero-order valence-electron chi connectivity index (χ0n) is 13.4. The van der Waals surface area contributed by atoms with Gasteiger partial charge in [-0.1, -0.05) is 25.7 Å². The fourth-order valence-electron chi connectivity index (χ4n) is 2.22. The molecule has 1 saturated heterocycles. The first-order valence-corrected chi connectivity index (χ1v) is 8.21. The Balaban J connectivity index is 2.48. The highest BCUT2D eigenvalue weighted by molar-refractivity contribution is 5.97. The Kier molecular flexibility index (Phi) is 9.52. The van der Waals surface area contributed by atoms with E-state index in [4.69, 9.17) is 15.2 Å². The highest BCUT2D eigenvalue weighted by Crippen LogP contribution is 2.17. The number of Topliss-reactive ketones (excluding diaryl/α,β-unsaturated/α-hetero) is 1. The monoisotopic (exact) mass is 309 g/mol. The fourth-order valence-corrected chi connectivity index (χ4v) is 2.22. The minimum Gasteiger partial charge on any atom is -0.370 e. The smallest absolute Gasteiger partial charge is 0.217 e. The average Bonchev–Trinajstić information content (AvgIpc) is 2.51. The number of unbranched alkanes of at least 4 members (excludes halogenated alkanes) is 2. The number of rotatable bonds is 9. The van der Waals surface area contributed by atoms with Crippen molar-refractivity contribution in [2.24, 2.45) is 5.73 Å². The minimum absolute atomic E-state index is 0.0423. The summed E-state index contributed by atoms with van der Waals surface area (Å²) in [6.07, 6.45) is 6.70. The number of ketones is 1. The molecular weight excluding hydrogens is 282 g/mol. The second-order valence-corrected chi connectivity index (χ2v) is 5.58. The van der Waals surface area contributed by atoms with E-state index in [1.807, 2.05) is 0 Å². The summed E-state index contributed by atoms with van der Waals surface area (Å²) >= 11 is 0. The van der Waals surface area contributed by atoms with Crippen molar-refractivity contribution in [3.63, 3.8) is 0 Å². The maximum Gasteiger partial charge on any atom is 0.217 e. The Morgan fingerprint density at radius 3 is 2.77 bits per heavy atom. The van der Waals surface area contributed by atoms with Crippen molar-refractivity contribution in [3.8, 4) is 11.8 Å². The average molecular weight is 309 g/mol. The van der Waals surface area contributed by atoms with Crippen molar-refractivity contribution < 1.29 is 19.1 Å². The number of hydrogen-bond donors (Lipinski definition) is 1. The van der Waals surface area contributed by atoms with Gasteiger partial charge < -0.3 is 15.2 Å². The van der Waals surface area contributed by atoms with Crippen LogP contribution < -0.4 is 5.73 Å². The van der Waals surface area contributed by atoms with Crippen LogP contribution in [0.1, 0.15) is 64.7 Å². The van der Waals surface area contributed by atoms with Crippen LogP contribution in [0.2, 0.25) is 0 Å². The predicted octanol–water partition coefficient (Wildman–Crippen LogP) is 2.32. The van der Waals surface area contributed by atoms with Gasteiger partial charge in [0.25, 0.3) is 0 Å². The van der Waals surface area contributed by atoms with Crippen LogP contribution in [0.3, 0.4) is 0 Å². The molecule has 0 aromatic carbocycles. The molecule has 2 N–H and O–H groups in total. The third-order valence-corrected chi connectivity index (χ3v) is 3.49. The third-order valence-electron chi connectivity index (χ3n) is 3.49. The van der Waals surface area contributed by atoms with Gasteiger partial charge >= 0.3 is 0 Å². The summed E-state index contributed by atoms with van der Waals surface area (Å²) in [5, 5.41) is 0. The number of hydrogen-bond acceptors (Lipinski definition) is 4. The van der Waals surface area contributed by atoms with Crippen LogP contribution in [0.5, 0.6) is 0 Å². The van der Waals surface area contributed by atoms with Crippen LogP contribution in [-0.2, 0) is 19.1 Å². The van der Waals surface area contributed by atoms with Crippen molar-refractivity contribution in [2.75, 3.05) is 6.61 Å². The van der Waals surface area contributed by atoms with Crippen LogP contribution in [0.25, 0.3) is 0 Å². The summed E-state index contributed by atoms with van der Waals surface area (Å²) < 4.78 is 11.4. The van der Waals surface area contributed by atoms with Gasteiger partial charge in [0.15, 0.2) is 6.29 Å². The van der Waals surface area contributed by atoms with Gasteiger partial charge in [0, 0.05) is 19.4 Å². The van der Waals surface area contributed by atoms with Gasteiger partial charge in [-0.25, -0.2) is 0 Å². The molecule has 0 saturated carbocycles. The second-order valence-electron chi connectivity index (χ2n) is 5.58. The van der Waals surface area contributed by atoms with Gasteiger partial charge in [-0.2, -0.15) is 0 Å². The zero-order valence-corrected chi connectivity index (χ0v) is 13.4. The summed E-state index contributed by atoms with van der Waals surface area (Å²) in [6.45, 7) is 2.86. The number of primary amides is 1. The Morgan fingerprint density at radius 1 is 1.32 bits per heavy atom. The topological polar surface area (TPSA) is 78.6 Å². The lowest BCUT2D eigenvalue weighted by molar-refractivity contribution is -0.177. The summed E-state index contributed by atoms with van der Waals surface area (Å²) in [5.74, 6) is 4.72. The van der Waals surface area contributed by atoms with Crippen LogP contribution in [0.4, 0.5) is 0 Å². The van der Waals surface area contributed by atoms with Crippen LogP contribution in [0.15, 0.2) is 0 Å². The van der Waals surface area contributed by atoms with E-state index in [9.17, 15) is 9.59 Å². The lowest BCUT2D eigenvalue weighted by Crippen LogP contribution is -2.27. The molecule has 5 nitrogen and oxygen atoms in total. The lowest BCUT2D eigenvalue weighted by Gasteiger charge is -2.25. The molecule has 124 valence electrons. The van der Waals surface area contributed by atoms with E-state index < -0.39 is 5.91 Å². The van der Waals surface area contributed by atoms with Crippen molar-refractivity contribution in [2.45, 2.75) is 77.1 Å². The molecule has 22 heavy (non-hydrogen) atoms. The maximum absolute atomic E-state index is 11.6. The lowest BCUT2D eigenvalue weighted by atomic mass is 10.1. The Hall–Kier alpha value is -1.38. The Morgan fingerprint density at radius 2 is 2.14 bits per heavy atom. The molecule has 1 rings (SSSR count). The SMILES string of the molecule is CCCCCC(C#CC(=O)CCC(N)=O)OC1CCCCO1. The Labute approximate surface area is 132 Å². The minimum atomic E-state index is -0.485. The van der Waals surface area contributed by atoms with Gasteiger partial charge in [0.05, 0.1) is 0 Å². The molecule has 1 fully saturated rings. The number of carbonyl (C=O) groups is 2.